The Labute approximate surface area is 151 Å². The Hall–Kier alpha value is -2.17. The maximum atomic E-state index is 12.3. The molecule has 134 valence electrons. The van der Waals surface area contributed by atoms with E-state index < -0.39 is 6.04 Å². The van der Waals surface area contributed by atoms with Crippen LogP contribution in [-0.2, 0) is 24.3 Å². The Bertz CT molecular complexity index is 653. The summed E-state index contributed by atoms with van der Waals surface area (Å²) in [7, 11) is 0. The van der Waals surface area contributed by atoms with Gasteiger partial charge in [0.05, 0.1) is 6.04 Å². The molecule has 0 heterocycles. The highest BCUT2D eigenvalue weighted by Crippen LogP contribution is 2.12. The maximum Gasteiger partial charge on any atom is 0.237 e. The molecular weight excluding hydrogens is 310 g/mol. The molecule has 2 aromatic carbocycles. The Morgan fingerprint density at radius 3 is 2.24 bits per heavy atom. The number of nitrogens with one attached hydrogen (secondary N) is 1. The summed E-state index contributed by atoms with van der Waals surface area (Å²) in [5.74, 6) is -0.110. The van der Waals surface area contributed by atoms with E-state index in [1.165, 1.54) is 5.56 Å². The lowest BCUT2D eigenvalue weighted by Gasteiger charge is -2.20. The topological polar surface area (TPSA) is 58.4 Å². The normalized spacial score (nSPS) is 12.2. The number of benzene rings is 2. The van der Waals surface area contributed by atoms with Gasteiger partial charge in [-0.25, -0.2) is 0 Å². The molecule has 25 heavy (non-hydrogen) atoms. The highest BCUT2D eigenvalue weighted by Gasteiger charge is 2.14. The molecule has 0 aromatic heterocycles. The van der Waals surface area contributed by atoms with Crippen molar-refractivity contribution in [3.63, 3.8) is 0 Å². The fourth-order valence-electron chi connectivity index (χ4n) is 2.85. The second-order valence-electron chi connectivity index (χ2n) is 6.24. The number of rotatable bonds is 9. The van der Waals surface area contributed by atoms with Crippen LogP contribution in [0.2, 0.25) is 0 Å². The van der Waals surface area contributed by atoms with Crippen molar-refractivity contribution in [3.8, 4) is 0 Å². The summed E-state index contributed by atoms with van der Waals surface area (Å²) < 4.78 is 0. The van der Waals surface area contributed by atoms with Gasteiger partial charge in [-0.05, 0) is 36.2 Å². The number of carbonyl (C=O) groups excluding carboxylic acids is 1. The minimum atomic E-state index is -0.530. The van der Waals surface area contributed by atoms with Gasteiger partial charge >= 0.3 is 0 Å². The predicted octanol–water partition coefficient (Wildman–Crippen LogP) is 2.71. The summed E-state index contributed by atoms with van der Waals surface area (Å²) in [4.78, 5) is 14.7. The molecule has 0 spiro atoms. The first-order valence-electron chi connectivity index (χ1n) is 9.00. The van der Waals surface area contributed by atoms with Gasteiger partial charge in [-0.3, -0.25) is 9.69 Å². The number of nitrogens with zero attached hydrogens (tertiary/aromatic N) is 1. The van der Waals surface area contributed by atoms with Gasteiger partial charge in [0.1, 0.15) is 0 Å². The molecule has 0 aliphatic carbocycles. The predicted molar refractivity (Wildman–Crippen MR) is 103 cm³/mol. The summed E-state index contributed by atoms with van der Waals surface area (Å²) in [6, 6.07) is 17.6. The molecular formula is C21H29N3O. The van der Waals surface area contributed by atoms with Crippen molar-refractivity contribution < 1.29 is 4.79 Å². The largest absolute Gasteiger partial charge is 0.351 e. The molecule has 0 radical (unpaired) electrons. The number of hydrogen-bond acceptors (Lipinski definition) is 3. The van der Waals surface area contributed by atoms with Gasteiger partial charge in [0, 0.05) is 13.1 Å². The second kappa shape index (κ2) is 9.97. The third kappa shape index (κ3) is 6.00. The van der Waals surface area contributed by atoms with E-state index in [2.05, 4.69) is 36.2 Å². The van der Waals surface area contributed by atoms with E-state index in [1.54, 1.807) is 0 Å². The SMILES string of the molecule is CCN(CC)Cc1ccccc1CNC(=O)C(N)Cc1ccccc1. The van der Waals surface area contributed by atoms with E-state index in [1.807, 2.05) is 42.5 Å². The van der Waals surface area contributed by atoms with E-state index >= 15 is 0 Å². The van der Waals surface area contributed by atoms with Gasteiger partial charge < -0.3 is 11.1 Å². The average molecular weight is 339 g/mol. The van der Waals surface area contributed by atoms with Crippen molar-refractivity contribution in [2.24, 2.45) is 5.73 Å². The fraction of sp³-hybridized carbons (Fsp3) is 0.381. The Morgan fingerprint density at radius 2 is 1.60 bits per heavy atom. The highest BCUT2D eigenvalue weighted by atomic mass is 16.2. The van der Waals surface area contributed by atoms with Gasteiger partial charge in [0.25, 0.3) is 0 Å². The third-order valence-corrected chi connectivity index (χ3v) is 4.50. The van der Waals surface area contributed by atoms with Crippen molar-refractivity contribution in [2.75, 3.05) is 13.1 Å². The molecule has 1 amide bonds. The lowest BCUT2D eigenvalue weighted by molar-refractivity contribution is -0.122. The molecule has 3 N–H and O–H groups in total. The molecule has 0 aliphatic heterocycles. The van der Waals surface area contributed by atoms with Crippen LogP contribution in [0.1, 0.15) is 30.5 Å². The summed E-state index contributed by atoms with van der Waals surface area (Å²) in [6.07, 6.45) is 0.549. The molecule has 0 saturated carbocycles. The fourth-order valence-corrected chi connectivity index (χ4v) is 2.85. The molecule has 0 aliphatic rings. The molecule has 4 nitrogen and oxygen atoms in total. The zero-order chi connectivity index (χ0) is 18.1. The van der Waals surface area contributed by atoms with Crippen molar-refractivity contribution in [1.29, 1.82) is 0 Å². The van der Waals surface area contributed by atoms with Gasteiger partial charge in [-0.1, -0.05) is 68.4 Å². The molecule has 4 heteroatoms. The molecule has 2 rings (SSSR count). The standard InChI is InChI=1S/C21H29N3O/c1-3-24(4-2)16-19-13-9-8-12-18(19)15-23-21(25)20(22)14-17-10-6-5-7-11-17/h5-13,20H,3-4,14-16,22H2,1-2H3,(H,23,25). The van der Waals surface area contributed by atoms with Crippen LogP contribution in [0.25, 0.3) is 0 Å². The summed E-state index contributed by atoms with van der Waals surface area (Å²) in [6.45, 7) is 7.76. The minimum absolute atomic E-state index is 0.110. The van der Waals surface area contributed by atoms with Crippen molar-refractivity contribution in [3.05, 3.63) is 71.3 Å². The van der Waals surface area contributed by atoms with Crippen molar-refractivity contribution in [1.82, 2.24) is 10.2 Å². The monoisotopic (exact) mass is 339 g/mol. The van der Waals surface area contributed by atoms with E-state index in [0.717, 1.165) is 30.8 Å². The first kappa shape index (κ1) is 19.2. The number of carbonyl (C=O) groups is 1. The number of nitrogens with two attached hydrogens (primary N) is 1. The van der Waals surface area contributed by atoms with E-state index in [9.17, 15) is 4.79 Å². The first-order valence-corrected chi connectivity index (χ1v) is 9.00. The van der Waals surface area contributed by atoms with Gasteiger partial charge in [-0.2, -0.15) is 0 Å². The summed E-state index contributed by atoms with van der Waals surface area (Å²) >= 11 is 0. The van der Waals surface area contributed by atoms with Crippen molar-refractivity contribution in [2.45, 2.75) is 39.4 Å². The van der Waals surface area contributed by atoms with E-state index in [0.29, 0.717) is 13.0 Å². The second-order valence-corrected chi connectivity index (χ2v) is 6.24. The molecule has 0 fully saturated rings. The van der Waals surface area contributed by atoms with Gasteiger partial charge in [0.15, 0.2) is 0 Å². The number of hydrogen-bond donors (Lipinski definition) is 2. The smallest absolute Gasteiger partial charge is 0.237 e. The zero-order valence-electron chi connectivity index (χ0n) is 15.2. The third-order valence-electron chi connectivity index (χ3n) is 4.50. The average Bonchev–Trinajstić information content (AvgIpc) is 2.65. The van der Waals surface area contributed by atoms with Crippen LogP contribution in [0.3, 0.4) is 0 Å². The van der Waals surface area contributed by atoms with Crippen LogP contribution in [0.15, 0.2) is 54.6 Å². The van der Waals surface area contributed by atoms with Crippen LogP contribution >= 0.6 is 0 Å². The van der Waals surface area contributed by atoms with Crippen LogP contribution in [-0.4, -0.2) is 29.9 Å². The van der Waals surface area contributed by atoms with Crippen LogP contribution in [0.4, 0.5) is 0 Å². The van der Waals surface area contributed by atoms with Crippen LogP contribution < -0.4 is 11.1 Å². The molecule has 2 aromatic rings. The lowest BCUT2D eigenvalue weighted by atomic mass is 10.0. The zero-order valence-corrected chi connectivity index (χ0v) is 15.2. The molecule has 0 saturated heterocycles. The van der Waals surface area contributed by atoms with E-state index in [4.69, 9.17) is 5.73 Å². The van der Waals surface area contributed by atoms with Gasteiger partial charge in [-0.15, -0.1) is 0 Å². The Kier molecular flexibility index (Phi) is 7.64. The van der Waals surface area contributed by atoms with Crippen LogP contribution in [0, 0.1) is 0 Å². The van der Waals surface area contributed by atoms with Gasteiger partial charge in [0.2, 0.25) is 5.91 Å². The summed E-state index contributed by atoms with van der Waals surface area (Å²) in [5, 5.41) is 2.99. The molecule has 0 bridgehead atoms. The Balaban J connectivity index is 1.93. The number of amides is 1. The summed E-state index contributed by atoms with van der Waals surface area (Å²) in [5.41, 5.74) is 9.53. The quantitative estimate of drug-likeness (QED) is 0.738. The first-order chi connectivity index (χ1) is 12.1. The molecule has 1 atom stereocenters. The highest BCUT2D eigenvalue weighted by molar-refractivity contribution is 5.81. The lowest BCUT2D eigenvalue weighted by Crippen LogP contribution is -2.41. The van der Waals surface area contributed by atoms with Crippen molar-refractivity contribution >= 4 is 5.91 Å². The molecule has 1 unspecified atom stereocenters. The maximum absolute atomic E-state index is 12.3. The Morgan fingerprint density at radius 1 is 1.00 bits per heavy atom. The van der Waals surface area contributed by atoms with E-state index in [-0.39, 0.29) is 5.91 Å². The minimum Gasteiger partial charge on any atom is -0.351 e. The van der Waals surface area contributed by atoms with Crippen LogP contribution in [0.5, 0.6) is 0 Å².